The predicted octanol–water partition coefficient (Wildman–Crippen LogP) is 3.35. The Bertz CT molecular complexity index is 463. The van der Waals surface area contributed by atoms with Crippen molar-refractivity contribution in [3.63, 3.8) is 0 Å². The van der Waals surface area contributed by atoms with Crippen molar-refractivity contribution in [2.45, 2.75) is 38.8 Å². The highest BCUT2D eigenvalue weighted by molar-refractivity contribution is 5.52. The van der Waals surface area contributed by atoms with Crippen LogP contribution >= 0.6 is 0 Å². The zero-order valence-electron chi connectivity index (χ0n) is 11.6. The standard InChI is InChI=1S/C13H19FN2O3/c1-9(8-13(2,3)19-4)15-12-7-10(16(17)18)5-6-11(12)14/h5-7,9,15H,8H2,1-4H3. The second kappa shape index (κ2) is 5.97. The Hall–Kier alpha value is -1.69. The number of non-ortho nitro benzene ring substituents is 1. The molecule has 0 saturated heterocycles. The van der Waals surface area contributed by atoms with Crippen LogP contribution in [-0.4, -0.2) is 23.7 Å². The molecule has 0 amide bonds. The van der Waals surface area contributed by atoms with E-state index in [0.29, 0.717) is 6.42 Å². The third-order valence-electron chi connectivity index (χ3n) is 2.91. The predicted molar refractivity (Wildman–Crippen MR) is 71.8 cm³/mol. The van der Waals surface area contributed by atoms with Crippen molar-refractivity contribution in [2.24, 2.45) is 0 Å². The van der Waals surface area contributed by atoms with Gasteiger partial charge in [-0.3, -0.25) is 10.1 Å². The van der Waals surface area contributed by atoms with E-state index in [-0.39, 0.29) is 23.0 Å². The average molecular weight is 270 g/mol. The first-order valence-electron chi connectivity index (χ1n) is 6.01. The fraction of sp³-hybridized carbons (Fsp3) is 0.538. The molecule has 0 spiro atoms. The fourth-order valence-corrected chi connectivity index (χ4v) is 1.87. The summed E-state index contributed by atoms with van der Waals surface area (Å²) >= 11 is 0. The molecule has 5 nitrogen and oxygen atoms in total. The van der Waals surface area contributed by atoms with Crippen LogP contribution in [0.3, 0.4) is 0 Å². The Morgan fingerprint density at radius 1 is 1.53 bits per heavy atom. The summed E-state index contributed by atoms with van der Waals surface area (Å²) in [6, 6.07) is 3.36. The van der Waals surface area contributed by atoms with Gasteiger partial charge in [0, 0.05) is 25.3 Å². The topological polar surface area (TPSA) is 64.4 Å². The number of hydrogen-bond acceptors (Lipinski definition) is 4. The van der Waals surface area contributed by atoms with E-state index in [1.165, 1.54) is 6.07 Å². The number of nitrogens with one attached hydrogen (secondary N) is 1. The van der Waals surface area contributed by atoms with Gasteiger partial charge in [0.2, 0.25) is 0 Å². The lowest BCUT2D eigenvalue weighted by Crippen LogP contribution is -2.31. The summed E-state index contributed by atoms with van der Waals surface area (Å²) in [4.78, 5) is 10.1. The Morgan fingerprint density at radius 3 is 2.68 bits per heavy atom. The summed E-state index contributed by atoms with van der Waals surface area (Å²) in [7, 11) is 1.61. The van der Waals surface area contributed by atoms with Crippen molar-refractivity contribution in [1.82, 2.24) is 0 Å². The number of anilines is 1. The van der Waals surface area contributed by atoms with Gasteiger partial charge in [0.05, 0.1) is 16.2 Å². The average Bonchev–Trinajstić information content (AvgIpc) is 2.31. The van der Waals surface area contributed by atoms with Crippen LogP contribution in [0.2, 0.25) is 0 Å². The number of ether oxygens (including phenoxy) is 1. The number of methoxy groups -OCH3 is 1. The quantitative estimate of drug-likeness (QED) is 0.636. The molecule has 0 heterocycles. The summed E-state index contributed by atoms with van der Waals surface area (Å²) in [5.74, 6) is -0.507. The van der Waals surface area contributed by atoms with E-state index in [1.54, 1.807) is 7.11 Å². The minimum atomic E-state index is -0.547. The van der Waals surface area contributed by atoms with Crippen molar-refractivity contribution in [3.8, 4) is 0 Å². The summed E-state index contributed by atoms with van der Waals surface area (Å²) in [5.41, 5.74) is -0.348. The number of nitro groups is 1. The molecule has 1 aromatic rings. The number of halogens is 1. The summed E-state index contributed by atoms with van der Waals surface area (Å²) in [6.07, 6.45) is 0.644. The van der Waals surface area contributed by atoms with Gasteiger partial charge in [0.1, 0.15) is 5.82 Å². The second-order valence-corrected chi connectivity index (χ2v) is 5.13. The molecule has 0 aromatic heterocycles. The van der Waals surface area contributed by atoms with Crippen molar-refractivity contribution in [3.05, 3.63) is 34.1 Å². The molecule has 0 aliphatic carbocycles. The van der Waals surface area contributed by atoms with E-state index >= 15 is 0 Å². The fourth-order valence-electron chi connectivity index (χ4n) is 1.87. The lowest BCUT2D eigenvalue weighted by atomic mass is 9.99. The van der Waals surface area contributed by atoms with Gasteiger partial charge < -0.3 is 10.1 Å². The van der Waals surface area contributed by atoms with E-state index in [4.69, 9.17) is 4.74 Å². The Morgan fingerprint density at radius 2 is 2.16 bits per heavy atom. The van der Waals surface area contributed by atoms with Gasteiger partial charge in [-0.1, -0.05) is 0 Å². The van der Waals surface area contributed by atoms with Crippen molar-refractivity contribution in [1.29, 1.82) is 0 Å². The zero-order valence-corrected chi connectivity index (χ0v) is 11.6. The summed E-state index contributed by atoms with van der Waals surface area (Å²) < 4.78 is 18.9. The highest BCUT2D eigenvalue weighted by atomic mass is 19.1. The molecule has 1 N–H and O–H groups in total. The Kier molecular flexibility index (Phi) is 4.83. The Balaban J connectivity index is 2.81. The van der Waals surface area contributed by atoms with Gasteiger partial charge in [0.15, 0.2) is 0 Å². The minimum Gasteiger partial charge on any atom is -0.380 e. The summed E-state index contributed by atoms with van der Waals surface area (Å²) in [6.45, 7) is 5.73. The van der Waals surface area contributed by atoms with Gasteiger partial charge in [-0.25, -0.2) is 4.39 Å². The van der Waals surface area contributed by atoms with E-state index in [1.807, 2.05) is 20.8 Å². The molecule has 0 aliphatic rings. The van der Waals surface area contributed by atoms with Crippen LogP contribution in [0.15, 0.2) is 18.2 Å². The SMILES string of the molecule is COC(C)(C)CC(C)Nc1cc([N+](=O)[O-])ccc1F. The van der Waals surface area contributed by atoms with E-state index in [0.717, 1.165) is 12.1 Å². The van der Waals surface area contributed by atoms with Gasteiger partial charge in [-0.2, -0.15) is 0 Å². The molecule has 0 radical (unpaired) electrons. The third kappa shape index (κ3) is 4.48. The molecular weight excluding hydrogens is 251 g/mol. The minimum absolute atomic E-state index is 0.0774. The van der Waals surface area contributed by atoms with Crippen molar-refractivity contribution >= 4 is 11.4 Å². The van der Waals surface area contributed by atoms with E-state index in [2.05, 4.69) is 5.32 Å². The van der Waals surface area contributed by atoms with Crippen LogP contribution in [0, 0.1) is 15.9 Å². The zero-order chi connectivity index (χ0) is 14.6. The van der Waals surface area contributed by atoms with Crippen LogP contribution in [0.25, 0.3) is 0 Å². The lowest BCUT2D eigenvalue weighted by molar-refractivity contribution is -0.384. The number of rotatable bonds is 6. The van der Waals surface area contributed by atoms with Crippen LogP contribution in [0.4, 0.5) is 15.8 Å². The molecule has 0 fully saturated rings. The number of nitro benzene ring substituents is 1. The van der Waals surface area contributed by atoms with Gasteiger partial charge in [-0.05, 0) is 33.3 Å². The molecule has 1 rings (SSSR count). The third-order valence-corrected chi connectivity index (χ3v) is 2.91. The van der Waals surface area contributed by atoms with Gasteiger partial charge in [-0.15, -0.1) is 0 Å². The lowest BCUT2D eigenvalue weighted by Gasteiger charge is -2.27. The maximum absolute atomic E-state index is 13.6. The molecule has 1 aromatic carbocycles. The molecule has 6 heteroatoms. The molecule has 1 unspecified atom stereocenters. The first kappa shape index (κ1) is 15.4. The van der Waals surface area contributed by atoms with Gasteiger partial charge in [0.25, 0.3) is 5.69 Å². The van der Waals surface area contributed by atoms with E-state index in [9.17, 15) is 14.5 Å². The smallest absolute Gasteiger partial charge is 0.271 e. The molecular formula is C13H19FN2O3. The monoisotopic (exact) mass is 270 g/mol. The van der Waals surface area contributed by atoms with Crippen molar-refractivity contribution in [2.75, 3.05) is 12.4 Å². The largest absolute Gasteiger partial charge is 0.380 e. The van der Waals surface area contributed by atoms with E-state index < -0.39 is 10.7 Å². The first-order chi connectivity index (χ1) is 8.75. The highest BCUT2D eigenvalue weighted by Gasteiger charge is 2.21. The number of hydrogen-bond donors (Lipinski definition) is 1. The molecule has 1 atom stereocenters. The maximum Gasteiger partial charge on any atom is 0.271 e. The maximum atomic E-state index is 13.6. The van der Waals surface area contributed by atoms with Crippen LogP contribution in [0.5, 0.6) is 0 Å². The second-order valence-electron chi connectivity index (χ2n) is 5.13. The van der Waals surface area contributed by atoms with Crippen LogP contribution in [-0.2, 0) is 4.74 Å². The van der Waals surface area contributed by atoms with Gasteiger partial charge >= 0.3 is 0 Å². The first-order valence-corrected chi connectivity index (χ1v) is 6.01. The Labute approximate surface area is 111 Å². The summed E-state index contributed by atoms with van der Waals surface area (Å²) in [5, 5.41) is 13.6. The molecule has 0 aliphatic heterocycles. The number of nitrogens with zero attached hydrogens (tertiary/aromatic N) is 1. The molecule has 106 valence electrons. The molecule has 0 bridgehead atoms. The molecule has 0 saturated carbocycles. The number of benzene rings is 1. The highest BCUT2D eigenvalue weighted by Crippen LogP contribution is 2.24. The van der Waals surface area contributed by atoms with Crippen LogP contribution in [0.1, 0.15) is 27.2 Å². The normalized spacial score (nSPS) is 13.1. The molecule has 19 heavy (non-hydrogen) atoms. The van der Waals surface area contributed by atoms with Crippen LogP contribution < -0.4 is 5.32 Å². The van der Waals surface area contributed by atoms with Crippen molar-refractivity contribution < 1.29 is 14.1 Å².